The first-order chi connectivity index (χ1) is 28.3. The molecule has 5 nitrogen and oxygen atoms in total. The van der Waals surface area contributed by atoms with Gasteiger partial charge in [0.05, 0.1) is 27.8 Å². The number of aromatic nitrogens is 5. The van der Waals surface area contributed by atoms with E-state index in [9.17, 15) is 0 Å². The molecule has 0 radical (unpaired) electrons. The second kappa shape index (κ2) is 12.4. The molecule has 12 aromatic rings. The Kier molecular flexibility index (Phi) is 6.86. The van der Waals surface area contributed by atoms with Gasteiger partial charge in [-0.25, -0.2) is 4.98 Å². The minimum Gasteiger partial charge on any atom is -0.309 e. The normalized spacial score (nSPS) is 11.9. The topological polar surface area (TPSA) is 40.6 Å². The molecular formula is C52H33N5. The number of nitrogens with zero attached hydrogens (tertiary/aromatic N) is 5. The summed E-state index contributed by atoms with van der Waals surface area (Å²) in [6, 6.07) is 69.2. The van der Waals surface area contributed by atoms with Gasteiger partial charge >= 0.3 is 0 Å². The van der Waals surface area contributed by atoms with E-state index in [0.29, 0.717) is 5.95 Å². The predicted octanol–water partition coefficient (Wildman–Crippen LogP) is 13.1. The third-order valence-electron chi connectivity index (χ3n) is 11.5. The maximum absolute atomic E-state index is 5.48. The van der Waals surface area contributed by atoms with Crippen molar-refractivity contribution in [2.45, 2.75) is 0 Å². The van der Waals surface area contributed by atoms with Gasteiger partial charge in [0.25, 0.3) is 0 Å². The Morgan fingerprint density at radius 3 is 1.60 bits per heavy atom. The summed E-state index contributed by atoms with van der Waals surface area (Å²) >= 11 is 0. The molecule has 0 N–H and O–H groups in total. The highest BCUT2D eigenvalue weighted by atomic mass is 15.2. The highest BCUT2D eigenvalue weighted by Crippen LogP contribution is 2.40. The largest absolute Gasteiger partial charge is 0.309 e. The Labute approximate surface area is 328 Å². The van der Waals surface area contributed by atoms with Gasteiger partial charge in [0, 0.05) is 50.1 Å². The minimum absolute atomic E-state index is 0.635. The maximum Gasteiger partial charge on any atom is 0.237 e. The van der Waals surface area contributed by atoms with Crippen molar-refractivity contribution in [1.29, 1.82) is 0 Å². The lowest BCUT2D eigenvalue weighted by Crippen LogP contribution is -2.05. The van der Waals surface area contributed by atoms with E-state index >= 15 is 0 Å². The van der Waals surface area contributed by atoms with E-state index in [1.807, 2.05) is 6.07 Å². The van der Waals surface area contributed by atoms with Gasteiger partial charge in [-0.1, -0.05) is 127 Å². The monoisotopic (exact) mass is 727 g/mol. The summed E-state index contributed by atoms with van der Waals surface area (Å²) in [4.78, 5) is 10.9. The Balaban J connectivity index is 1.09. The van der Waals surface area contributed by atoms with Gasteiger partial charge in [-0.15, -0.1) is 0 Å². The molecule has 4 heterocycles. The van der Waals surface area contributed by atoms with Crippen LogP contribution in [0.4, 0.5) is 0 Å². The molecular weight excluding hydrogens is 695 g/mol. The van der Waals surface area contributed by atoms with Crippen LogP contribution < -0.4 is 0 Å². The molecule has 0 atom stereocenters. The molecule has 4 aromatic heterocycles. The smallest absolute Gasteiger partial charge is 0.237 e. The zero-order valence-electron chi connectivity index (χ0n) is 30.8. The van der Waals surface area contributed by atoms with Crippen molar-refractivity contribution in [3.63, 3.8) is 0 Å². The molecule has 0 amide bonds. The van der Waals surface area contributed by atoms with Gasteiger partial charge in [0.1, 0.15) is 0 Å². The number of hydrogen-bond acceptors (Lipinski definition) is 2. The number of fused-ring (bicyclic) bond motifs is 8. The van der Waals surface area contributed by atoms with Crippen molar-refractivity contribution in [3.8, 4) is 39.7 Å². The Morgan fingerprint density at radius 1 is 0.351 bits per heavy atom. The summed E-state index contributed by atoms with van der Waals surface area (Å²) in [7, 11) is 0. The van der Waals surface area contributed by atoms with Gasteiger partial charge in [0.15, 0.2) is 5.65 Å². The third-order valence-corrected chi connectivity index (χ3v) is 11.5. The van der Waals surface area contributed by atoms with Crippen LogP contribution in [0.2, 0.25) is 0 Å². The second-order valence-corrected chi connectivity index (χ2v) is 14.7. The molecule has 12 rings (SSSR count). The van der Waals surface area contributed by atoms with Crippen molar-refractivity contribution in [1.82, 2.24) is 23.7 Å². The van der Waals surface area contributed by atoms with Gasteiger partial charge < -0.3 is 9.13 Å². The third kappa shape index (κ3) is 4.82. The highest BCUT2D eigenvalue weighted by Gasteiger charge is 2.21. The lowest BCUT2D eigenvalue weighted by Gasteiger charge is -2.13. The lowest BCUT2D eigenvalue weighted by molar-refractivity contribution is 0.989. The fourth-order valence-electron chi connectivity index (χ4n) is 8.91. The van der Waals surface area contributed by atoms with Crippen LogP contribution in [0.5, 0.6) is 0 Å². The summed E-state index contributed by atoms with van der Waals surface area (Å²) in [5.74, 6) is 0.635. The number of hydrogen-bond donors (Lipinski definition) is 0. The average Bonchev–Trinajstić information content (AvgIpc) is 3.96. The van der Waals surface area contributed by atoms with E-state index in [2.05, 4.69) is 208 Å². The first-order valence-corrected chi connectivity index (χ1v) is 19.3. The Bertz CT molecular complexity index is 3510. The zero-order chi connectivity index (χ0) is 37.5. The summed E-state index contributed by atoms with van der Waals surface area (Å²) in [6.07, 6.45) is 2.11. The molecule has 0 fully saturated rings. The summed E-state index contributed by atoms with van der Waals surface area (Å²) in [5.41, 5.74) is 11.9. The van der Waals surface area contributed by atoms with E-state index in [-0.39, 0.29) is 0 Å². The molecule has 0 unspecified atom stereocenters. The average molecular weight is 728 g/mol. The Hall–Kier alpha value is -7.76. The fraction of sp³-hybridized carbons (Fsp3) is 0. The van der Waals surface area contributed by atoms with E-state index in [1.54, 1.807) is 0 Å². The van der Waals surface area contributed by atoms with Crippen molar-refractivity contribution in [2.24, 2.45) is 0 Å². The van der Waals surface area contributed by atoms with E-state index < -0.39 is 0 Å². The summed E-state index contributed by atoms with van der Waals surface area (Å²) in [6.45, 7) is 0. The summed E-state index contributed by atoms with van der Waals surface area (Å²) < 4.78 is 6.77. The molecule has 0 saturated carbocycles. The van der Waals surface area contributed by atoms with Crippen LogP contribution in [0.1, 0.15) is 0 Å². The molecule has 5 heteroatoms. The first-order valence-electron chi connectivity index (χ1n) is 19.3. The zero-order valence-corrected chi connectivity index (χ0v) is 30.8. The molecule has 0 saturated heterocycles. The number of benzene rings is 8. The predicted molar refractivity (Wildman–Crippen MR) is 236 cm³/mol. The quantitative estimate of drug-likeness (QED) is 0.177. The van der Waals surface area contributed by atoms with Crippen LogP contribution in [0.15, 0.2) is 200 Å². The van der Waals surface area contributed by atoms with E-state index in [0.717, 1.165) is 66.4 Å². The molecule has 0 bridgehead atoms. The SMILES string of the molecule is c1ccc(-n2ccc3c(-c4cccc5ccccc45)nc(-n4c5ccccc5c5cc(-c6ccc7c(c6)c6ccccc6n7-c6ccccc6)ccc54)nc32)cc1. The molecule has 8 aromatic carbocycles. The van der Waals surface area contributed by atoms with Gasteiger partial charge in [-0.3, -0.25) is 4.57 Å². The van der Waals surface area contributed by atoms with Crippen molar-refractivity contribution >= 4 is 65.4 Å². The van der Waals surface area contributed by atoms with Crippen LogP contribution in [-0.2, 0) is 0 Å². The van der Waals surface area contributed by atoms with Crippen LogP contribution in [0.3, 0.4) is 0 Å². The van der Waals surface area contributed by atoms with Crippen molar-refractivity contribution in [2.75, 3.05) is 0 Å². The first kappa shape index (κ1) is 31.6. The highest BCUT2D eigenvalue weighted by molar-refractivity contribution is 6.13. The molecule has 0 aliphatic rings. The summed E-state index contributed by atoms with van der Waals surface area (Å²) in [5, 5.41) is 8.14. The maximum atomic E-state index is 5.48. The molecule has 0 aliphatic heterocycles. The number of rotatable bonds is 5. The van der Waals surface area contributed by atoms with Crippen LogP contribution in [0, 0.1) is 0 Å². The van der Waals surface area contributed by atoms with Crippen LogP contribution >= 0.6 is 0 Å². The van der Waals surface area contributed by atoms with E-state index in [1.165, 1.54) is 32.8 Å². The molecule has 0 spiro atoms. The van der Waals surface area contributed by atoms with Crippen LogP contribution in [0.25, 0.3) is 105 Å². The Morgan fingerprint density at radius 2 is 0.895 bits per heavy atom. The van der Waals surface area contributed by atoms with Gasteiger partial charge in [-0.05, 0) is 88.6 Å². The molecule has 266 valence electrons. The fourth-order valence-corrected chi connectivity index (χ4v) is 8.91. The van der Waals surface area contributed by atoms with Gasteiger partial charge in [0.2, 0.25) is 5.95 Å². The lowest BCUT2D eigenvalue weighted by atomic mass is 10.0. The van der Waals surface area contributed by atoms with Crippen molar-refractivity contribution in [3.05, 3.63) is 200 Å². The molecule has 0 aliphatic carbocycles. The van der Waals surface area contributed by atoms with Gasteiger partial charge in [-0.2, -0.15) is 4.98 Å². The minimum atomic E-state index is 0.635. The van der Waals surface area contributed by atoms with E-state index in [4.69, 9.17) is 9.97 Å². The van der Waals surface area contributed by atoms with Crippen molar-refractivity contribution < 1.29 is 0 Å². The second-order valence-electron chi connectivity index (χ2n) is 14.7. The van der Waals surface area contributed by atoms with Crippen LogP contribution in [-0.4, -0.2) is 23.7 Å². The molecule has 57 heavy (non-hydrogen) atoms. The standard InChI is InChI=1S/C52H33N5/c1-3-16-37(17-4-1)55-31-30-43-50(42-23-13-15-34-14-7-8-20-39(34)42)53-52(54-51(43)55)57-47-25-12-10-22-41(47)45-33-36(27-29-49(45)57)35-26-28-48-44(32-35)40-21-9-11-24-46(40)56(48)38-18-5-2-6-19-38/h1-33H. The number of para-hydroxylation sites is 4.